The van der Waals surface area contributed by atoms with Gasteiger partial charge in [0.1, 0.15) is 11.4 Å². The van der Waals surface area contributed by atoms with Crippen molar-refractivity contribution in [3.63, 3.8) is 0 Å². The third kappa shape index (κ3) is 1.49. The Morgan fingerprint density at radius 2 is 2.38 bits per heavy atom. The molecule has 0 aliphatic heterocycles. The Bertz CT molecular complexity index is 528. The Morgan fingerprint density at radius 3 is 2.94 bits per heavy atom. The second kappa shape index (κ2) is 3.65. The molecular formula is C8H10N6O2. The number of rotatable bonds is 2. The van der Waals surface area contributed by atoms with Gasteiger partial charge < -0.3 is 15.6 Å². The molecule has 8 heteroatoms. The van der Waals surface area contributed by atoms with Crippen molar-refractivity contribution in [1.29, 1.82) is 0 Å². The number of carbonyl (C=O) groups excluding carboxylic acids is 1. The molecule has 16 heavy (non-hydrogen) atoms. The van der Waals surface area contributed by atoms with Gasteiger partial charge in [0, 0.05) is 14.1 Å². The van der Waals surface area contributed by atoms with Gasteiger partial charge >= 0.3 is 0 Å². The van der Waals surface area contributed by atoms with Crippen LogP contribution in [0.1, 0.15) is 10.6 Å². The molecular weight excluding hydrogens is 212 g/mol. The van der Waals surface area contributed by atoms with Gasteiger partial charge in [-0.1, -0.05) is 5.16 Å². The zero-order chi connectivity index (χ0) is 11.7. The number of carbonyl (C=O) groups is 1. The van der Waals surface area contributed by atoms with Crippen LogP contribution in [-0.4, -0.2) is 32.9 Å². The first-order chi connectivity index (χ1) is 7.63. The highest BCUT2D eigenvalue weighted by atomic mass is 16.5. The molecule has 2 rings (SSSR count). The van der Waals surface area contributed by atoms with Crippen LogP contribution < -0.4 is 11.1 Å². The molecule has 0 radical (unpaired) electrons. The van der Waals surface area contributed by atoms with Gasteiger partial charge in [-0.05, 0) is 0 Å². The number of amides is 1. The lowest BCUT2D eigenvalue weighted by Crippen LogP contribution is -2.19. The highest BCUT2D eigenvalue weighted by Crippen LogP contribution is 2.22. The maximum Gasteiger partial charge on any atom is 0.292 e. The molecule has 0 saturated heterocycles. The van der Waals surface area contributed by atoms with Crippen molar-refractivity contribution in [3.05, 3.63) is 12.0 Å². The van der Waals surface area contributed by atoms with Crippen molar-refractivity contribution in [1.82, 2.24) is 25.2 Å². The van der Waals surface area contributed by atoms with Crippen molar-refractivity contribution in [3.8, 4) is 11.5 Å². The molecule has 3 N–H and O–H groups in total. The number of hydrogen-bond donors (Lipinski definition) is 2. The second-order valence-electron chi connectivity index (χ2n) is 3.07. The zero-order valence-electron chi connectivity index (χ0n) is 8.76. The Balaban J connectivity index is 2.39. The minimum Gasteiger partial charge on any atom is -0.383 e. The molecule has 2 heterocycles. The van der Waals surface area contributed by atoms with Crippen molar-refractivity contribution < 1.29 is 9.32 Å². The summed E-state index contributed by atoms with van der Waals surface area (Å²) in [6.45, 7) is 0. The molecule has 0 bridgehead atoms. The summed E-state index contributed by atoms with van der Waals surface area (Å²) >= 11 is 0. The monoisotopic (exact) mass is 222 g/mol. The maximum absolute atomic E-state index is 11.2. The van der Waals surface area contributed by atoms with Crippen LogP contribution in [0.5, 0.6) is 0 Å². The van der Waals surface area contributed by atoms with Gasteiger partial charge in [0.25, 0.3) is 17.6 Å². The van der Waals surface area contributed by atoms with E-state index in [1.807, 2.05) is 0 Å². The van der Waals surface area contributed by atoms with Gasteiger partial charge in [0.2, 0.25) is 0 Å². The number of nitrogen functional groups attached to an aromatic ring is 1. The lowest BCUT2D eigenvalue weighted by atomic mass is 10.3. The van der Waals surface area contributed by atoms with Crippen LogP contribution in [-0.2, 0) is 7.05 Å². The van der Waals surface area contributed by atoms with E-state index < -0.39 is 5.91 Å². The van der Waals surface area contributed by atoms with Crippen LogP contribution >= 0.6 is 0 Å². The van der Waals surface area contributed by atoms with E-state index in [0.29, 0.717) is 11.4 Å². The fourth-order valence-corrected chi connectivity index (χ4v) is 1.15. The summed E-state index contributed by atoms with van der Waals surface area (Å²) in [6, 6.07) is 0. The first-order valence-electron chi connectivity index (χ1n) is 4.47. The average molecular weight is 222 g/mol. The number of aromatic nitrogens is 4. The Morgan fingerprint density at radius 1 is 1.62 bits per heavy atom. The molecule has 0 aliphatic carbocycles. The van der Waals surface area contributed by atoms with Crippen LogP contribution in [0, 0.1) is 0 Å². The number of aryl methyl sites for hydroxylation is 1. The van der Waals surface area contributed by atoms with Crippen LogP contribution in [0.2, 0.25) is 0 Å². The zero-order valence-corrected chi connectivity index (χ0v) is 8.76. The number of nitrogens with two attached hydrogens (primary N) is 1. The predicted molar refractivity (Wildman–Crippen MR) is 54.3 cm³/mol. The van der Waals surface area contributed by atoms with Crippen molar-refractivity contribution in [2.45, 2.75) is 0 Å². The molecule has 1 amide bonds. The molecule has 2 aromatic rings. The van der Waals surface area contributed by atoms with Gasteiger partial charge in [-0.2, -0.15) is 10.1 Å². The third-order valence-corrected chi connectivity index (χ3v) is 2.07. The minimum absolute atomic E-state index is 0.0410. The number of nitrogens with zero attached hydrogens (tertiary/aromatic N) is 4. The molecule has 0 unspecified atom stereocenters. The normalized spacial score (nSPS) is 10.4. The predicted octanol–water partition coefficient (Wildman–Crippen LogP) is -0.588. The second-order valence-corrected chi connectivity index (χ2v) is 3.07. The molecule has 84 valence electrons. The Hall–Kier alpha value is -2.38. The lowest BCUT2D eigenvalue weighted by molar-refractivity contribution is 0.0950. The average Bonchev–Trinajstić information content (AvgIpc) is 2.87. The van der Waals surface area contributed by atoms with E-state index in [1.165, 1.54) is 17.9 Å². The fourth-order valence-electron chi connectivity index (χ4n) is 1.15. The van der Waals surface area contributed by atoms with Gasteiger partial charge in [-0.15, -0.1) is 0 Å². The molecule has 0 atom stereocenters. The van der Waals surface area contributed by atoms with Crippen LogP contribution in [0.15, 0.2) is 10.7 Å². The number of nitrogens with one attached hydrogen (secondary N) is 1. The van der Waals surface area contributed by atoms with Gasteiger partial charge in [-0.3, -0.25) is 9.48 Å². The van der Waals surface area contributed by atoms with E-state index in [4.69, 9.17) is 10.3 Å². The summed E-state index contributed by atoms with van der Waals surface area (Å²) < 4.78 is 6.38. The van der Waals surface area contributed by atoms with Crippen molar-refractivity contribution in [2.24, 2.45) is 7.05 Å². The summed E-state index contributed by atoms with van der Waals surface area (Å²) in [5.41, 5.74) is 6.23. The van der Waals surface area contributed by atoms with Crippen LogP contribution in [0.25, 0.3) is 11.5 Å². The van der Waals surface area contributed by atoms with E-state index in [-0.39, 0.29) is 11.7 Å². The number of hydrogen-bond acceptors (Lipinski definition) is 6. The highest BCUT2D eigenvalue weighted by molar-refractivity contribution is 5.90. The minimum atomic E-state index is -0.419. The van der Waals surface area contributed by atoms with Crippen LogP contribution in [0.4, 0.5) is 5.82 Å². The number of anilines is 1. The highest BCUT2D eigenvalue weighted by Gasteiger charge is 2.17. The SMILES string of the molecule is CNC(=O)c1noc(-c2cnn(C)c2N)n1. The molecule has 0 aliphatic rings. The maximum atomic E-state index is 11.2. The summed E-state index contributed by atoms with van der Waals surface area (Å²) in [4.78, 5) is 15.1. The molecule has 0 spiro atoms. The van der Waals surface area contributed by atoms with Gasteiger partial charge in [0.05, 0.1) is 6.20 Å². The van der Waals surface area contributed by atoms with E-state index in [2.05, 4.69) is 20.6 Å². The van der Waals surface area contributed by atoms with E-state index in [9.17, 15) is 4.79 Å². The molecule has 8 nitrogen and oxygen atoms in total. The van der Waals surface area contributed by atoms with E-state index in [1.54, 1.807) is 7.05 Å². The largest absolute Gasteiger partial charge is 0.383 e. The quantitative estimate of drug-likeness (QED) is 0.702. The summed E-state index contributed by atoms with van der Waals surface area (Å²) in [5.74, 6) is 0.106. The molecule has 0 saturated carbocycles. The first-order valence-corrected chi connectivity index (χ1v) is 4.47. The molecule has 0 fully saturated rings. The summed E-state index contributed by atoms with van der Waals surface area (Å²) in [5, 5.41) is 9.84. The lowest BCUT2D eigenvalue weighted by Gasteiger charge is -1.93. The first kappa shape index (κ1) is 10.1. The van der Waals surface area contributed by atoms with Gasteiger partial charge in [-0.25, -0.2) is 0 Å². The standard InChI is InChI=1S/C8H10N6O2/c1-10-7(15)6-12-8(16-13-6)4-3-11-14(2)5(4)9/h3H,9H2,1-2H3,(H,10,15). The van der Waals surface area contributed by atoms with Crippen molar-refractivity contribution in [2.75, 3.05) is 12.8 Å². The topological polar surface area (TPSA) is 112 Å². The molecule has 0 aromatic carbocycles. The Labute approximate surface area is 90.4 Å². The van der Waals surface area contributed by atoms with Crippen molar-refractivity contribution >= 4 is 11.7 Å². The molecule has 2 aromatic heterocycles. The smallest absolute Gasteiger partial charge is 0.292 e. The summed E-state index contributed by atoms with van der Waals surface area (Å²) in [7, 11) is 3.17. The van der Waals surface area contributed by atoms with Gasteiger partial charge in [0.15, 0.2) is 0 Å². The summed E-state index contributed by atoms with van der Waals surface area (Å²) in [6.07, 6.45) is 1.50. The fraction of sp³-hybridized carbons (Fsp3) is 0.250. The third-order valence-electron chi connectivity index (χ3n) is 2.07. The van der Waals surface area contributed by atoms with E-state index in [0.717, 1.165) is 0 Å². The Kier molecular flexibility index (Phi) is 2.31. The van der Waals surface area contributed by atoms with E-state index >= 15 is 0 Å². The van der Waals surface area contributed by atoms with Crippen LogP contribution in [0.3, 0.4) is 0 Å².